The molecule has 0 saturated heterocycles. The quantitative estimate of drug-likeness (QED) is 0.473. The molecule has 1 aromatic heterocycles. The molecular formula is C25H31N3O4S. The molecule has 4 fully saturated rings. The summed E-state index contributed by atoms with van der Waals surface area (Å²) >= 11 is 1.62. The fraction of sp³-hybridized carbons (Fsp3) is 0.560. The molecule has 1 amide bonds. The van der Waals surface area contributed by atoms with E-state index in [0.717, 1.165) is 55.0 Å². The van der Waals surface area contributed by atoms with Crippen LogP contribution in [0, 0.1) is 17.8 Å². The number of aliphatic hydroxyl groups is 1. The first-order valence-electron chi connectivity index (χ1n) is 11.8. The van der Waals surface area contributed by atoms with Gasteiger partial charge in [-0.1, -0.05) is 6.92 Å². The van der Waals surface area contributed by atoms with Crippen LogP contribution in [-0.4, -0.2) is 51.3 Å². The van der Waals surface area contributed by atoms with Crippen LogP contribution in [0.25, 0.3) is 5.69 Å². The minimum Gasteiger partial charge on any atom is -0.465 e. The maximum Gasteiger partial charge on any atom is 0.337 e. The third-order valence-electron chi connectivity index (χ3n) is 7.48. The Bertz CT molecular complexity index is 1030. The molecule has 4 bridgehead atoms. The molecule has 4 aliphatic rings. The Balaban J connectivity index is 1.38. The SMILES string of the molecule is CCCSc1c(C(=O)NC2C3CC4C[C@H]2CC(O)(C4)C3)cnn1-c1ccc(C(=O)OC)cc1. The average Bonchev–Trinajstić information content (AvgIpc) is 3.22. The van der Waals surface area contributed by atoms with Gasteiger partial charge in [-0.2, -0.15) is 5.10 Å². The predicted octanol–water partition coefficient (Wildman–Crippen LogP) is 3.83. The van der Waals surface area contributed by atoms with Crippen LogP contribution < -0.4 is 5.32 Å². The minimum atomic E-state index is -0.513. The number of esters is 1. The Morgan fingerprint density at radius 3 is 2.52 bits per heavy atom. The van der Waals surface area contributed by atoms with E-state index in [1.165, 1.54) is 7.11 Å². The van der Waals surface area contributed by atoms with Crippen LogP contribution >= 0.6 is 11.8 Å². The highest BCUT2D eigenvalue weighted by Gasteiger charge is 2.55. The molecule has 33 heavy (non-hydrogen) atoms. The zero-order valence-corrected chi connectivity index (χ0v) is 19.9. The molecule has 5 atom stereocenters. The number of ether oxygens (including phenoxy) is 1. The summed E-state index contributed by atoms with van der Waals surface area (Å²) in [5.74, 6) is 1.72. The third kappa shape index (κ3) is 4.19. The van der Waals surface area contributed by atoms with E-state index in [-0.39, 0.29) is 17.9 Å². The van der Waals surface area contributed by atoms with E-state index in [1.807, 2.05) is 12.1 Å². The van der Waals surface area contributed by atoms with Gasteiger partial charge in [0.05, 0.1) is 35.7 Å². The Labute approximate surface area is 198 Å². The maximum absolute atomic E-state index is 13.4. The second-order valence-corrected chi connectivity index (χ2v) is 10.9. The Morgan fingerprint density at radius 2 is 1.91 bits per heavy atom. The molecule has 2 N–H and O–H groups in total. The van der Waals surface area contributed by atoms with E-state index >= 15 is 0 Å². The molecule has 1 aromatic carbocycles. The summed E-state index contributed by atoms with van der Waals surface area (Å²) in [6.45, 7) is 2.11. The van der Waals surface area contributed by atoms with Gasteiger partial charge in [0.15, 0.2) is 0 Å². The zero-order valence-electron chi connectivity index (χ0n) is 19.1. The van der Waals surface area contributed by atoms with E-state index in [0.29, 0.717) is 28.9 Å². The Hall–Kier alpha value is -2.32. The number of aromatic nitrogens is 2. The Kier molecular flexibility index (Phi) is 5.99. The highest BCUT2D eigenvalue weighted by molar-refractivity contribution is 7.99. The lowest BCUT2D eigenvalue weighted by molar-refractivity contribution is -0.136. The van der Waals surface area contributed by atoms with Gasteiger partial charge in [0.1, 0.15) is 5.03 Å². The first-order chi connectivity index (χ1) is 15.9. The van der Waals surface area contributed by atoms with Gasteiger partial charge in [0.25, 0.3) is 5.91 Å². The van der Waals surface area contributed by atoms with Crippen molar-refractivity contribution < 1.29 is 19.4 Å². The van der Waals surface area contributed by atoms with Crippen molar-refractivity contribution in [1.82, 2.24) is 15.1 Å². The molecule has 2 aromatic rings. The molecule has 8 heteroatoms. The lowest BCUT2D eigenvalue weighted by Crippen LogP contribution is -2.61. The highest BCUT2D eigenvalue weighted by Crippen LogP contribution is 2.55. The second kappa shape index (κ2) is 8.80. The van der Waals surface area contributed by atoms with Gasteiger partial charge in [0, 0.05) is 6.04 Å². The van der Waals surface area contributed by atoms with Gasteiger partial charge < -0.3 is 15.2 Å². The number of nitrogens with zero attached hydrogens (tertiary/aromatic N) is 2. The molecule has 4 unspecified atom stereocenters. The van der Waals surface area contributed by atoms with Crippen LogP contribution in [0.4, 0.5) is 0 Å². The summed E-state index contributed by atoms with van der Waals surface area (Å²) in [5, 5.41) is 19.5. The lowest BCUT2D eigenvalue weighted by atomic mass is 9.52. The summed E-state index contributed by atoms with van der Waals surface area (Å²) in [6.07, 6.45) is 7.36. The summed E-state index contributed by atoms with van der Waals surface area (Å²) in [4.78, 5) is 25.2. The number of hydrogen-bond donors (Lipinski definition) is 2. The van der Waals surface area contributed by atoms with Gasteiger partial charge in [-0.15, -0.1) is 11.8 Å². The largest absolute Gasteiger partial charge is 0.465 e. The molecule has 0 aliphatic heterocycles. The van der Waals surface area contributed by atoms with E-state index in [1.54, 1.807) is 34.8 Å². The highest BCUT2D eigenvalue weighted by atomic mass is 32.2. The van der Waals surface area contributed by atoms with Crippen molar-refractivity contribution in [2.45, 2.75) is 62.1 Å². The van der Waals surface area contributed by atoms with E-state index in [9.17, 15) is 14.7 Å². The van der Waals surface area contributed by atoms with Crippen LogP contribution in [-0.2, 0) is 4.74 Å². The van der Waals surface area contributed by atoms with Gasteiger partial charge >= 0.3 is 5.97 Å². The minimum absolute atomic E-state index is 0.0875. The summed E-state index contributed by atoms with van der Waals surface area (Å²) in [6, 6.07) is 7.16. The van der Waals surface area contributed by atoms with Crippen LogP contribution in [0.5, 0.6) is 0 Å². The van der Waals surface area contributed by atoms with Gasteiger partial charge in [0.2, 0.25) is 0 Å². The molecule has 7 nitrogen and oxygen atoms in total. The average molecular weight is 470 g/mol. The van der Waals surface area contributed by atoms with Crippen molar-refractivity contribution in [2.75, 3.05) is 12.9 Å². The molecule has 4 aliphatic carbocycles. The topological polar surface area (TPSA) is 93.5 Å². The van der Waals surface area contributed by atoms with E-state index < -0.39 is 5.60 Å². The standard InChI is InChI=1S/C25H31N3O4S/c1-3-8-33-23-20(14-26-28(23)19-6-4-16(5-7-19)24(30)32-2)22(29)27-21-17-9-15-10-18(21)13-25(31,11-15)12-17/h4-7,14-15,17-18,21,31H,3,8-13H2,1-2H3,(H,27,29)/t15?,17-,18?,21?,25?/m0/s1. The van der Waals surface area contributed by atoms with Crippen molar-refractivity contribution in [3.05, 3.63) is 41.6 Å². The number of thioether (sulfide) groups is 1. The van der Waals surface area contributed by atoms with Gasteiger partial charge in [-0.05, 0) is 86.3 Å². The molecule has 1 heterocycles. The number of amides is 1. The van der Waals surface area contributed by atoms with E-state index in [2.05, 4.69) is 17.3 Å². The second-order valence-electron chi connectivity index (χ2n) is 9.86. The first kappa shape index (κ1) is 22.5. The maximum atomic E-state index is 13.4. The van der Waals surface area contributed by atoms with Crippen LogP contribution in [0.2, 0.25) is 0 Å². The number of rotatable bonds is 7. The van der Waals surface area contributed by atoms with Gasteiger partial charge in [-0.3, -0.25) is 4.79 Å². The molecular weight excluding hydrogens is 438 g/mol. The van der Waals surface area contributed by atoms with Crippen molar-refractivity contribution in [3.63, 3.8) is 0 Å². The molecule has 0 spiro atoms. The normalized spacial score (nSPS) is 29.8. The predicted molar refractivity (Wildman–Crippen MR) is 126 cm³/mol. The monoisotopic (exact) mass is 469 g/mol. The first-order valence-corrected chi connectivity index (χ1v) is 12.8. The summed E-state index contributed by atoms with van der Waals surface area (Å²) in [5.41, 5.74) is 1.33. The molecule has 4 saturated carbocycles. The van der Waals surface area contributed by atoms with E-state index in [4.69, 9.17) is 4.74 Å². The van der Waals surface area contributed by atoms with Crippen molar-refractivity contribution in [1.29, 1.82) is 0 Å². The molecule has 0 radical (unpaired) electrons. The number of carbonyl (C=O) groups excluding carboxylic acids is 2. The van der Waals surface area contributed by atoms with Crippen molar-refractivity contribution in [3.8, 4) is 5.69 Å². The summed E-state index contributed by atoms with van der Waals surface area (Å²) in [7, 11) is 1.36. The number of carbonyl (C=O) groups is 2. The third-order valence-corrected chi connectivity index (χ3v) is 8.76. The fourth-order valence-corrected chi connectivity index (χ4v) is 7.29. The molecule has 176 valence electrons. The fourth-order valence-electron chi connectivity index (χ4n) is 6.32. The smallest absolute Gasteiger partial charge is 0.337 e. The number of hydrogen-bond acceptors (Lipinski definition) is 6. The number of nitrogens with one attached hydrogen (secondary N) is 1. The van der Waals surface area contributed by atoms with Crippen LogP contribution in [0.3, 0.4) is 0 Å². The van der Waals surface area contributed by atoms with Crippen LogP contribution in [0.15, 0.2) is 35.5 Å². The number of methoxy groups -OCH3 is 1. The van der Waals surface area contributed by atoms with Gasteiger partial charge in [-0.25, -0.2) is 9.48 Å². The lowest BCUT2D eigenvalue weighted by Gasteiger charge is -2.58. The summed E-state index contributed by atoms with van der Waals surface area (Å²) < 4.78 is 6.55. The van der Waals surface area contributed by atoms with Crippen molar-refractivity contribution >= 4 is 23.6 Å². The number of benzene rings is 1. The Morgan fingerprint density at radius 1 is 1.21 bits per heavy atom. The van der Waals surface area contributed by atoms with Crippen LogP contribution in [0.1, 0.15) is 66.2 Å². The van der Waals surface area contributed by atoms with Crippen molar-refractivity contribution in [2.24, 2.45) is 17.8 Å². The zero-order chi connectivity index (χ0) is 23.2. The molecule has 6 rings (SSSR count).